The summed E-state index contributed by atoms with van der Waals surface area (Å²) >= 11 is 0. The van der Waals surface area contributed by atoms with Crippen molar-refractivity contribution in [3.63, 3.8) is 0 Å². The first kappa shape index (κ1) is 23.4. The van der Waals surface area contributed by atoms with Gasteiger partial charge in [0.15, 0.2) is 11.5 Å². The average molecular weight is 454 g/mol. The first-order valence-electron chi connectivity index (χ1n) is 11.7. The molecule has 1 N–H and O–H groups in total. The highest BCUT2D eigenvalue weighted by molar-refractivity contribution is 5.51. The van der Waals surface area contributed by atoms with Crippen molar-refractivity contribution in [2.24, 2.45) is 5.41 Å². The van der Waals surface area contributed by atoms with Gasteiger partial charge in [-0.2, -0.15) is 0 Å². The van der Waals surface area contributed by atoms with Gasteiger partial charge in [0.2, 0.25) is 6.41 Å². The second-order valence-corrected chi connectivity index (χ2v) is 9.59. The molecule has 3 atom stereocenters. The zero-order valence-electron chi connectivity index (χ0n) is 20.2. The Hall–Kier alpha value is -2.80. The summed E-state index contributed by atoms with van der Waals surface area (Å²) in [5, 5.41) is 10.5. The number of hydrogen-bond acceptors (Lipinski definition) is 6. The number of aromatic nitrogens is 1. The summed E-state index contributed by atoms with van der Waals surface area (Å²) in [6.07, 6.45) is 1.35. The highest BCUT2D eigenvalue weighted by Gasteiger charge is 2.47. The number of hydrogen-bond donors (Lipinski definition) is 1. The van der Waals surface area contributed by atoms with E-state index in [0.717, 1.165) is 43.0 Å². The standard InChI is InChI=1S/C26H35N3O4/c1-6-19-8-10-25(27-17(19)2)29-12-21(13-29)33-24-11-20(7-9-23(24)32-5)22-14-28(16-30)15-26(22,4)18(3)31/h7-11,16,18,21-22,31H,6,12-15H2,1-5H3/t18-,22+,26+/m1/s1. The number of pyridine rings is 1. The van der Waals surface area contributed by atoms with Gasteiger partial charge in [-0.1, -0.05) is 26.0 Å². The van der Waals surface area contributed by atoms with Gasteiger partial charge in [-0.05, 0) is 49.6 Å². The number of amides is 1. The van der Waals surface area contributed by atoms with Gasteiger partial charge < -0.3 is 24.4 Å². The second-order valence-electron chi connectivity index (χ2n) is 9.59. The molecule has 1 aromatic heterocycles. The van der Waals surface area contributed by atoms with Gasteiger partial charge in [0.1, 0.15) is 11.9 Å². The van der Waals surface area contributed by atoms with Crippen LogP contribution in [-0.4, -0.2) is 66.9 Å². The van der Waals surface area contributed by atoms with E-state index in [1.54, 1.807) is 18.9 Å². The molecular weight excluding hydrogens is 418 g/mol. The molecule has 1 aromatic carbocycles. The maximum atomic E-state index is 11.4. The number of benzene rings is 1. The fraction of sp³-hybridized carbons (Fsp3) is 0.538. The van der Waals surface area contributed by atoms with Gasteiger partial charge in [0, 0.05) is 30.1 Å². The minimum atomic E-state index is -0.547. The third-order valence-corrected chi connectivity index (χ3v) is 7.48. The number of ether oxygens (including phenoxy) is 2. The second kappa shape index (κ2) is 9.21. The molecule has 2 saturated heterocycles. The van der Waals surface area contributed by atoms with E-state index in [-0.39, 0.29) is 12.0 Å². The summed E-state index contributed by atoms with van der Waals surface area (Å²) in [7, 11) is 1.64. The molecular formula is C26H35N3O4. The molecule has 0 saturated carbocycles. The topological polar surface area (TPSA) is 75.1 Å². The molecule has 2 aliphatic heterocycles. The molecule has 0 aliphatic carbocycles. The molecule has 7 heteroatoms. The molecule has 2 aromatic rings. The van der Waals surface area contributed by atoms with Crippen molar-refractivity contribution in [1.29, 1.82) is 0 Å². The lowest BCUT2D eigenvalue weighted by molar-refractivity contribution is -0.117. The van der Waals surface area contributed by atoms with Crippen LogP contribution >= 0.6 is 0 Å². The molecule has 178 valence electrons. The summed E-state index contributed by atoms with van der Waals surface area (Å²) < 4.78 is 11.9. The summed E-state index contributed by atoms with van der Waals surface area (Å²) in [5.74, 6) is 2.38. The van der Waals surface area contributed by atoms with Gasteiger partial charge in [-0.15, -0.1) is 0 Å². The number of carbonyl (C=O) groups is 1. The Bertz CT molecular complexity index is 1010. The molecule has 2 fully saturated rings. The van der Waals surface area contributed by atoms with Crippen LogP contribution in [0.1, 0.15) is 43.5 Å². The van der Waals surface area contributed by atoms with E-state index in [1.807, 2.05) is 25.1 Å². The van der Waals surface area contributed by atoms with E-state index in [0.29, 0.717) is 24.6 Å². The monoisotopic (exact) mass is 453 g/mol. The number of rotatable bonds is 8. The van der Waals surface area contributed by atoms with Gasteiger partial charge >= 0.3 is 0 Å². The predicted octanol–water partition coefficient (Wildman–Crippen LogP) is 3.17. The Kier molecular flexibility index (Phi) is 6.52. The van der Waals surface area contributed by atoms with E-state index in [1.165, 1.54) is 5.56 Å². The highest BCUT2D eigenvalue weighted by atomic mass is 16.5. The number of aliphatic hydroxyl groups is 1. The minimum absolute atomic E-state index is 0.0121. The molecule has 0 bridgehead atoms. The van der Waals surface area contributed by atoms with Crippen molar-refractivity contribution < 1.29 is 19.4 Å². The van der Waals surface area contributed by atoms with E-state index in [2.05, 4.69) is 30.9 Å². The third-order valence-electron chi connectivity index (χ3n) is 7.48. The van der Waals surface area contributed by atoms with Crippen molar-refractivity contribution in [3.05, 3.63) is 47.2 Å². The smallest absolute Gasteiger partial charge is 0.209 e. The Morgan fingerprint density at radius 3 is 2.61 bits per heavy atom. The number of likely N-dealkylation sites (tertiary alicyclic amines) is 1. The van der Waals surface area contributed by atoms with Crippen LogP contribution in [0.2, 0.25) is 0 Å². The normalized spacial score (nSPS) is 23.9. The fourth-order valence-electron chi connectivity index (χ4n) is 5.05. The predicted molar refractivity (Wildman–Crippen MR) is 128 cm³/mol. The number of carbonyl (C=O) groups excluding carboxylic acids is 1. The Morgan fingerprint density at radius 1 is 1.24 bits per heavy atom. The number of anilines is 1. The van der Waals surface area contributed by atoms with Gasteiger partial charge in [0.25, 0.3) is 0 Å². The SMILES string of the molecule is CCc1ccc(N2CC(Oc3cc([C@@H]4CN(C=O)C[C@@]4(C)[C@@H](C)O)ccc3OC)C2)nc1C. The summed E-state index contributed by atoms with van der Waals surface area (Å²) in [6.45, 7) is 10.7. The first-order valence-corrected chi connectivity index (χ1v) is 11.7. The number of nitrogens with zero attached hydrogens (tertiary/aromatic N) is 3. The summed E-state index contributed by atoms with van der Waals surface area (Å²) in [6, 6.07) is 10.2. The quantitative estimate of drug-likeness (QED) is 0.619. The molecule has 3 heterocycles. The van der Waals surface area contributed by atoms with Gasteiger partial charge in [-0.25, -0.2) is 4.98 Å². The lowest BCUT2D eigenvalue weighted by Crippen LogP contribution is -2.54. The van der Waals surface area contributed by atoms with Gasteiger partial charge in [0.05, 0.1) is 26.3 Å². The highest BCUT2D eigenvalue weighted by Crippen LogP contribution is 2.46. The summed E-state index contributed by atoms with van der Waals surface area (Å²) in [5.41, 5.74) is 2.98. The molecule has 0 unspecified atom stereocenters. The van der Waals surface area contributed by atoms with E-state index < -0.39 is 11.5 Å². The van der Waals surface area contributed by atoms with Crippen LogP contribution < -0.4 is 14.4 Å². The van der Waals surface area contributed by atoms with E-state index in [4.69, 9.17) is 14.5 Å². The number of aliphatic hydroxyl groups excluding tert-OH is 1. The van der Waals surface area contributed by atoms with Crippen LogP contribution in [0, 0.1) is 12.3 Å². The zero-order chi connectivity index (χ0) is 23.8. The molecule has 4 rings (SSSR count). The van der Waals surface area contributed by atoms with E-state index in [9.17, 15) is 9.90 Å². The van der Waals surface area contributed by atoms with Crippen LogP contribution in [0.4, 0.5) is 5.82 Å². The van der Waals surface area contributed by atoms with E-state index >= 15 is 0 Å². The fourth-order valence-corrected chi connectivity index (χ4v) is 5.05. The zero-order valence-corrected chi connectivity index (χ0v) is 20.2. The average Bonchev–Trinajstić information content (AvgIpc) is 3.14. The molecule has 0 spiro atoms. The van der Waals surface area contributed by atoms with Crippen LogP contribution in [0.15, 0.2) is 30.3 Å². The molecule has 33 heavy (non-hydrogen) atoms. The molecule has 0 radical (unpaired) electrons. The van der Waals surface area contributed by atoms with Crippen molar-refractivity contribution >= 4 is 12.2 Å². The van der Waals surface area contributed by atoms with Crippen molar-refractivity contribution in [1.82, 2.24) is 9.88 Å². The molecule has 2 aliphatic rings. The van der Waals surface area contributed by atoms with Crippen LogP contribution in [0.25, 0.3) is 0 Å². The van der Waals surface area contributed by atoms with Crippen molar-refractivity contribution in [2.75, 3.05) is 38.2 Å². The van der Waals surface area contributed by atoms with Crippen molar-refractivity contribution in [2.45, 2.75) is 52.2 Å². The van der Waals surface area contributed by atoms with Crippen LogP contribution in [0.3, 0.4) is 0 Å². The lowest BCUT2D eigenvalue weighted by atomic mass is 9.72. The largest absolute Gasteiger partial charge is 0.493 e. The first-order chi connectivity index (χ1) is 15.8. The Balaban J connectivity index is 1.49. The Morgan fingerprint density at radius 2 is 2.00 bits per heavy atom. The maximum absolute atomic E-state index is 11.4. The Labute approximate surface area is 196 Å². The summed E-state index contributed by atoms with van der Waals surface area (Å²) in [4.78, 5) is 20.2. The number of methoxy groups -OCH3 is 1. The van der Waals surface area contributed by atoms with Gasteiger partial charge in [-0.3, -0.25) is 4.79 Å². The molecule has 7 nitrogen and oxygen atoms in total. The molecule has 1 amide bonds. The lowest BCUT2D eigenvalue weighted by Gasteiger charge is -2.40. The van der Waals surface area contributed by atoms with Crippen LogP contribution in [0.5, 0.6) is 11.5 Å². The third kappa shape index (κ3) is 4.38. The number of aryl methyl sites for hydroxylation is 2. The van der Waals surface area contributed by atoms with Crippen LogP contribution in [-0.2, 0) is 11.2 Å². The van der Waals surface area contributed by atoms with Crippen molar-refractivity contribution in [3.8, 4) is 11.5 Å². The minimum Gasteiger partial charge on any atom is -0.493 e. The maximum Gasteiger partial charge on any atom is 0.209 e.